The molecule has 0 amide bonds. The number of carbonyl (C=O) groups excluding carboxylic acids is 1. The number of nitrogen functional groups attached to an aromatic ring is 1. The molecule has 0 aliphatic carbocycles. The minimum atomic E-state index is -5.36. The lowest BCUT2D eigenvalue weighted by atomic mass is 10.1. The van der Waals surface area contributed by atoms with E-state index in [0.29, 0.717) is 0 Å². The highest BCUT2D eigenvalue weighted by Gasteiger charge is 2.48. The molecule has 2 aliphatic heterocycles. The monoisotopic (exact) mass is 629 g/mol. The maximum Gasteiger partial charge on any atom is 0.481 e. The summed E-state index contributed by atoms with van der Waals surface area (Å²) in [7, 11) is -10.7. The Hall–Kier alpha value is -2.16. The molecule has 8 N–H and O–H groups in total. The Balaban J connectivity index is 1.31. The number of fused-ring (bicyclic) bond motifs is 1. The Morgan fingerprint density at radius 2 is 1.61 bits per heavy atom. The SMILES string of the molecule is CC(C)C(=O)O[C@H]1C(O)O[C@H](COP(=O)(O)OP(=O)(O)OC[C@H]2O[C@@H](n3cnc4c(N)ncnc43)[C@H](O)[C@@H]2O)[C@H]1O. The third-order valence-electron chi connectivity index (χ3n) is 6.05. The van der Waals surface area contributed by atoms with Crippen LogP contribution in [-0.4, -0.2) is 112 Å². The maximum absolute atomic E-state index is 12.3. The number of aliphatic hydroxyl groups excluding tert-OH is 4. The topological polar surface area (TPSA) is 298 Å². The van der Waals surface area contributed by atoms with Crippen LogP contribution < -0.4 is 5.73 Å². The molecule has 2 fully saturated rings. The summed E-state index contributed by atoms with van der Waals surface area (Å²) in [4.78, 5) is 43.4. The fourth-order valence-corrected chi connectivity index (χ4v) is 6.01. The second kappa shape index (κ2) is 12.2. The van der Waals surface area contributed by atoms with Crippen molar-refractivity contribution in [2.75, 3.05) is 18.9 Å². The molecule has 0 spiro atoms. The number of hydrogen-bond acceptors (Lipinski definition) is 17. The van der Waals surface area contributed by atoms with Crippen LogP contribution in [0.3, 0.4) is 0 Å². The van der Waals surface area contributed by atoms with Gasteiger partial charge in [-0.3, -0.25) is 18.4 Å². The number of carbonyl (C=O) groups is 1. The highest BCUT2D eigenvalue weighted by Crippen LogP contribution is 2.60. The summed E-state index contributed by atoms with van der Waals surface area (Å²) in [5.41, 5.74) is 6.09. The summed E-state index contributed by atoms with van der Waals surface area (Å²) >= 11 is 0. The zero-order valence-electron chi connectivity index (χ0n) is 21.4. The van der Waals surface area contributed by atoms with Crippen molar-refractivity contribution < 1.29 is 71.7 Å². The van der Waals surface area contributed by atoms with Crippen molar-refractivity contribution in [2.24, 2.45) is 5.92 Å². The van der Waals surface area contributed by atoms with Crippen molar-refractivity contribution in [1.82, 2.24) is 19.5 Å². The van der Waals surface area contributed by atoms with Gasteiger partial charge >= 0.3 is 21.6 Å². The molecule has 4 heterocycles. The number of phosphoric ester groups is 2. The maximum atomic E-state index is 12.3. The van der Waals surface area contributed by atoms with Crippen LogP contribution in [0.4, 0.5) is 5.82 Å². The molecule has 230 valence electrons. The van der Waals surface area contributed by atoms with Crippen LogP contribution in [0.15, 0.2) is 12.7 Å². The molecule has 2 aromatic rings. The molecule has 0 radical (unpaired) electrons. The lowest BCUT2D eigenvalue weighted by Crippen LogP contribution is -2.39. The Labute approximate surface area is 230 Å². The van der Waals surface area contributed by atoms with Gasteiger partial charge in [0.05, 0.1) is 25.5 Å². The van der Waals surface area contributed by atoms with Gasteiger partial charge in [-0.05, 0) is 0 Å². The van der Waals surface area contributed by atoms with Gasteiger partial charge in [0.2, 0.25) is 0 Å². The summed E-state index contributed by atoms with van der Waals surface area (Å²) in [5.74, 6) is -1.28. The third-order valence-corrected chi connectivity index (χ3v) is 8.65. The van der Waals surface area contributed by atoms with Crippen molar-refractivity contribution in [3.05, 3.63) is 12.7 Å². The molecule has 20 nitrogen and oxygen atoms in total. The zero-order chi connectivity index (χ0) is 30.3. The van der Waals surface area contributed by atoms with E-state index < -0.39 is 89.9 Å². The molecular weight excluding hydrogens is 600 g/mol. The zero-order valence-corrected chi connectivity index (χ0v) is 23.2. The average molecular weight is 629 g/mol. The molecule has 0 aromatic carbocycles. The normalized spacial score (nSPS) is 33.2. The first-order valence-corrected chi connectivity index (χ1v) is 14.9. The molecule has 2 saturated heterocycles. The van der Waals surface area contributed by atoms with Crippen molar-refractivity contribution in [3.8, 4) is 0 Å². The van der Waals surface area contributed by atoms with Crippen LogP contribution in [0.1, 0.15) is 20.1 Å². The Bertz CT molecular complexity index is 1350. The minimum Gasteiger partial charge on any atom is -0.454 e. The number of hydrogen-bond donors (Lipinski definition) is 7. The summed E-state index contributed by atoms with van der Waals surface area (Å²) in [6.45, 7) is 1.19. The molecule has 0 bridgehead atoms. The Morgan fingerprint density at radius 1 is 1.00 bits per heavy atom. The van der Waals surface area contributed by atoms with E-state index in [4.69, 9.17) is 19.9 Å². The number of nitrogens with zero attached hydrogens (tertiary/aromatic N) is 4. The van der Waals surface area contributed by atoms with Crippen LogP contribution >= 0.6 is 15.6 Å². The summed E-state index contributed by atoms with van der Waals surface area (Å²) in [6, 6.07) is 0. The average Bonchev–Trinajstić information content (AvgIpc) is 3.52. The van der Waals surface area contributed by atoms with E-state index >= 15 is 0 Å². The van der Waals surface area contributed by atoms with Crippen LogP contribution in [0.2, 0.25) is 0 Å². The van der Waals surface area contributed by atoms with E-state index in [-0.39, 0.29) is 17.0 Å². The number of nitrogens with two attached hydrogens (primary N) is 1. The van der Waals surface area contributed by atoms with E-state index in [1.807, 2.05) is 0 Å². The van der Waals surface area contributed by atoms with Crippen molar-refractivity contribution in [2.45, 2.75) is 63.0 Å². The predicted octanol–water partition coefficient (Wildman–Crippen LogP) is -2.08. The number of phosphoric acid groups is 2. The first-order valence-electron chi connectivity index (χ1n) is 11.9. The van der Waals surface area contributed by atoms with Gasteiger partial charge in [-0.15, -0.1) is 0 Å². The number of imidazole rings is 1. The number of anilines is 1. The van der Waals surface area contributed by atoms with Crippen LogP contribution in [-0.2, 0) is 41.5 Å². The van der Waals surface area contributed by atoms with Gasteiger partial charge in [0.15, 0.2) is 30.1 Å². The predicted molar refractivity (Wildman–Crippen MR) is 130 cm³/mol. The van der Waals surface area contributed by atoms with Gasteiger partial charge in [-0.25, -0.2) is 24.1 Å². The fraction of sp³-hybridized carbons (Fsp3) is 0.684. The van der Waals surface area contributed by atoms with Gasteiger partial charge in [0.25, 0.3) is 0 Å². The third kappa shape index (κ3) is 7.08. The first kappa shape index (κ1) is 31.8. The fourth-order valence-electron chi connectivity index (χ4n) is 3.92. The lowest BCUT2D eigenvalue weighted by Gasteiger charge is -2.21. The number of rotatable bonds is 11. The number of aliphatic hydroxyl groups is 4. The number of ether oxygens (including phenoxy) is 3. The van der Waals surface area contributed by atoms with Gasteiger partial charge in [-0.2, -0.15) is 4.31 Å². The van der Waals surface area contributed by atoms with E-state index in [9.17, 15) is 44.1 Å². The van der Waals surface area contributed by atoms with E-state index in [1.54, 1.807) is 0 Å². The molecule has 10 atom stereocenters. The number of esters is 1. The smallest absolute Gasteiger partial charge is 0.454 e. The van der Waals surface area contributed by atoms with Gasteiger partial charge in [-0.1, -0.05) is 13.8 Å². The largest absolute Gasteiger partial charge is 0.481 e. The standard InChI is InChI=1S/C19H29N5O15P2/c1-7(2)18(28)38-14-12(26)9(37-19(14)29)4-35-41(32,33)39-40(30,31)34-3-8-11(25)13(27)17(36-8)24-6-23-10-15(20)21-5-22-16(10)24/h5-9,11-14,17,19,25-27,29H,3-4H2,1-2H3,(H,30,31)(H,32,33)(H2,20,21,22)/t8-,9-,11-,12-,13-,14-,17-,19?/m1/s1. The summed E-state index contributed by atoms with van der Waals surface area (Å²) < 4.78 is 54.7. The van der Waals surface area contributed by atoms with Crippen LogP contribution in [0.25, 0.3) is 11.2 Å². The highest BCUT2D eigenvalue weighted by molar-refractivity contribution is 7.61. The van der Waals surface area contributed by atoms with Crippen molar-refractivity contribution in [1.29, 1.82) is 0 Å². The second-order valence-corrected chi connectivity index (χ2v) is 12.4. The Morgan fingerprint density at radius 3 is 2.22 bits per heavy atom. The quantitative estimate of drug-likeness (QED) is 0.104. The molecular formula is C19H29N5O15P2. The van der Waals surface area contributed by atoms with Gasteiger partial charge < -0.3 is 50.2 Å². The Kier molecular flexibility index (Phi) is 9.46. The first-order chi connectivity index (χ1) is 19.1. The molecule has 2 aliphatic rings. The van der Waals surface area contributed by atoms with Crippen LogP contribution in [0.5, 0.6) is 0 Å². The van der Waals surface area contributed by atoms with E-state index in [2.05, 4.69) is 28.3 Å². The molecule has 41 heavy (non-hydrogen) atoms. The van der Waals surface area contributed by atoms with Gasteiger partial charge in [0, 0.05) is 0 Å². The van der Waals surface area contributed by atoms with Gasteiger partial charge in [0.1, 0.15) is 42.4 Å². The second-order valence-electron chi connectivity index (χ2n) is 9.35. The summed E-state index contributed by atoms with van der Waals surface area (Å²) in [5, 5.41) is 40.9. The van der Waals surface area contributed by atoms with Crippen molar-refractivity contribution in [3.63, 3.8) is 0 Å². The summed E-state index contributed by atoms with van der Waals surface area (Å²) in [6.07, 6.45) is -10.0. The molecule has 0 saturated carbocycles. The number of aromatic nitrogens is 4. The minimum absolute atomic E-state index is 0.0512. The lowest BCUT2D eigenvalue weighted by molar-refractivity contribution is -0.176. The van der Waals surface area contributed by atoms with E-state index in [1.165, 1.54) is 24.7 Å². The highest BCUT2D eigenvalue weighted by atomic mass is 31.3. The molecule has 3 unspecified atom stereocenters. The molecule has 4 rings (SSSR count). The van der Waals surface area contributed by atoms with E-state index in [0.717, 1.165) is 6.33 Å². The van der Waals surface area contributed by atoms with Crippen molar-refractivity contribution >= 4 is 38.6 Å². The van der Waals surface area contributed by atoms with Crippen LogP contribution in [0, 0.1) is 5.92 Å². The molecule has 2 aromatic heterocycles. The molecule has 22 heteroatoms.